The van der Waals surface area contributed by atoms with E-state index in [1.807, 2.05) is 84.9 Å². The number of furan rings is 1. The standard InChI is InChI=1S/C38H26O/c1-2-11-27-22-25(20-21-26(27)10-1)23-34-29-13-3-5-15-31(29)35(32-16-6-4-14-30(32)34)24-28-12-9-19-37-38(28)33-17-7-8-18-36(33)39-37/h1-22H,23-24H2/i3D,4D,5D,6D,13D,14D,15D,16D. The Hall–Kier alpha value is -4.88. The van der Waals surface area contributed by atoms with Gasteiger partial charge in [-0.3, -0.25) is 0 Å². The van der Waals surface area contributed by atoms with Crippen molar-refractivity contribution >= 4 is 54.3 Å². The second-order valence-electron chi connectivity index (χ2n) is 9.88. The molecule has 8 rings (SSSR count). The summed E-state index contributed by atoms with van der Waals surface area (Å²) < 4.78 is 77.4. The molecule has 0 aliphatic carbocycles. The number of para-hydroxylation sites is 1. The Morgan fingerprint density at radius 2 is 1.13 bits per heavy atom. The molecule has 0 unspecified atom stereocenters. The van der Waals surface area contributed by atoms with E-state index < -0.39 is 24.2 Å². The third-order valence-electron chi connectivity index (χ3n) is 7.63. The van der Waals surface area contributed by atoms with E-state index in [0.717, 1.165) is 32.7 Å². The van der Waals surface area contributed by atoms with Crippen LogP contribution in [0.5, 0.6) is 0 Å². The van der Waals surface area contributed by atoms with E-state index in [9.17, 15) is 2.74 Å². The first-order chi connectivity index (χ1) is 22.7. The molecule has 0 saturated heterocycles. The Bertz CT molecular complexity index is 2540. The second kappa shape index (κ2) is 8.85. The zero-order valence-corrected chi connectivity index (χ0v) is 20.9. The van der Waals surface area contributed by atoms with E-state index in [1.165, 1.54) is 0 Å². The van der Waals surface area contributed by atoms with Crippen molar-refractivity contribution in [2.24, 2.45) is 0 Å². The van der Waals surface area contributed by atoms with Crippen molar-refractivity contribution in [1.82, 2.24) is 0 Å². The monoisotopic (exact) mass is 506 g/mol. The third-order valence-corrected chi connectivity index (χ3v) is 7.63. The highest BCUT2D eigenvalue weighted by atomic mass is 16.3. The summed E-state index contributed by atoms with van der Waals surface area (Å²) in [4.78, 5) is 0. The fourth-order valence-corrected chi connectivity index (χ4v) is 5.87. The Labute approximate surface area is 238 Å². The van der Waals surface area contributed by atoms with Crippen molar-refractivity contribution in [3.05, 3.63) is 156 Å². The number of rotatable bonds is 4. The summed E-state index contributed by atoms with van der Waals surface area (Å²) in [6.07, 6.45) is 0.346. The summed E-state index contributed by atoms with van der Waals surface area (Å²) in [6.45, 7) is 0. The van der Waals surface area contributed by atoms with Crippen molar-refractivity contribution < 1.29 is 15.4 Å². The molecular weight excluding hydrogens is 472 g/mol. The molecule has 0 aliphatic heterocycles. The molecule has 0 aliphatic rings. The molecule has 0 atom stereocenters. The van der Waals surface area contributed by atoms with Gasteiger partial charge in [-0.25, -0.2) is 0 Å². The summed E-state index contributed by atoms with van der Waals surface area (Å²) in [5.41, 5.74) is 3.91. The number of benzene rings is 7. The maximum atomic E-state index is 9.17. The van der Waals surface area contributed by atoms with Crippen LogP contribution in [0.1, 0.15) is 33.2 Å². The third kappa shape index (κ3) is 3.62. The molecule has 0 N–H and O–H groups in total. The minimum Gasteiger partial charge on any atom is -0.456 e. The van der Waals surface area contributed by atoms with Gasteiger partial charge in [-0.05, 0) is 79.5 Å². The normalized spacial score (nSPS) is 14.7. The van der Waals surface area contributed by atoms with Crippen molar-refractivity contribution in [3.63, 3.8) is 0 Å². The molecule has 1 heterocycles. The van der Waals surface area contributed by atoms with Gasteiger partial charge in [0.05, 0.1) is 11.0 Å². The van der Waals surface area contributed by atoms with Crippen LogP contribution in [0.3, 0.4) is 0 Å². The first kappa shape index (κ1) is 15.5. The van der Waals surface area contributed by atoms with E-state index in [0.29, 0.717) is 22.3 Å². The first-order valence-electron chi connectivity index (χ1n) is 17.0. The van der Waals surface area contributed by atoms with Crippen LogP contribution in [0, 0.1) is 0 Å². The van der Waals surface area contributed by atoms with Crippen molar-refractivity contribution in [1.29, 1.82) is 0 Å². The van der Waals surface area contributed by atoms with Crippen LogP contribution in [0.4, 0.5) is 0 Å². The topological polar surface area (TPSA) is 13.1 Å². The van der Waals surface area contributed by atoms with Crippen LogP contribution in [0.15, 0.2) is 138 Å². The summed E-state index contributed by atoms with van der Waals surface area (Å²) in [7, 11) is 0. The molecule has 1 aromatic heterocycles. The lowest BCUT2D eigenvalue weighted by Crippen LogP contribution is -1.99. The fraction of sp³-hybridized carbons (Fsp3) is 0.0526. The molecule has 0 fully saturated rings. The summed E-state index contributed by atoms with van der Waals surface area (Å²) in [5, 5.41) is 4.84. The highest BCUT2D eigenvalue weighted by Crippen LogP contribution is 2.38. The lowest BCUT2D eigenvalue weighted by atomic mass is 9.86. The summed E-state index contributed by atoms with van der Waals surface area (Å²) >= 11 is 0. The smallest absolute Gasteiger partial charge is 0.135 e. The van der Waals surface area contributed by atoms with Gasteiger partial charge in [0.15, 0.2) is 0 Å². The van der Waals surface area contributed by atoms with E-state index in [4.69, 9.17) is 12.6 Å². The van der Waals surface area contributed by atoms with Crippen LogP contribution in [-0.4, -0.2) is 0 Å². The molecule has 0 bridgehead atoms. The number of hydrogen-bond acceptors (Lipinski definition) is 1. The van der Waals surface area contributed by atoms with Gasteiger partial charge < -0.3 is 4.42 Å². The Balaban J connectivity index is 1.52. The van der Waals surface area contributed by atoms with E-state index in [2.05, 4.69) is 0 Å². The van der Waals surface area contributed by atoms with Gasteiger partial charge in [-0.2, -0.15) is 0 Å². The van der Waals surface area contributed by atoms with E-state index in [1.54, 1.807) is 0 Å². The number of fused-ring (bicyclic) bond motifs is 6. The Morgan fingerprint density at radius 1 is 0.513 bits per heavy atom. The van der Waals surface area contributed by atoms with Gasteiger partial charge in [0, 0.05) is 10.8 Å². The van der Waals surface area contributed by atoms with Crippen LogP contribution < -0.4 is 0 Å². The van der Waals surface area contributed by atoms with Gasteiger partial charge in [0.2, 0.25) is 0 Å². The second-order valence-corrected chi connectivity index (χ2v) is 9.88. The summed E-state index contributed by atoms with van der Waals surface area (Å²) in [6, 6.07) is 24.7. The zero-order valence-electron chi connectivity index (χ0n) is 28.9. The molecule has 8 aromatic rings. The predicted octanol–water partition coefficient (Wildman–Crippen LogP) is 10.2. The summed E-state index contributed by atoms with van der Waals surface area (Å²) in [5.74, 6) is 0. The first-order valence-corrected chi connectivity index (χ1v) is 13.0. The minimum absolute atomic E-state index is 0.147. The largest absolute Gasteiger partial charge is 0.456 e. The highest BCUT2D eigenvalue weighted by molar-refractivity contribution is 6.09. The van der Waals surface area contributed by atoms with Crippen LogP contribution >= 0.6 is 0 Å². The van der Waals surface area contributed by atoms with Gasteiger partial charge in [0.25, 0.3) is 0 Å². The van der Waals surface area contributed by atoms with Gasteiger partial charge in [-0.15, -0.1) is 0 Å². The Kier molecular flexibility index (Phi) is 3.52. The molecule has 0 saturated carbocycles. The molecule has 7 aromatic carbocycles. The predicted molar refractivity (Wildman–Crippen MR) is 165 cm³/mol. The molecule has 0 amide bonds. The molecule has 39 heavy (non-hydrogen) atoms. The lowest BCUT2D eigenvalue weighted by Gasteiger charge is -2.18. The maximum absolute atomic E-state index is 9.17. The molecule has 1 nitrogen and oxygen atoms in total. The average molecular weight is 507 g/mol. The number of hydrogen-bond donors (Lipinski definition) is 0. The van der Waals surface area contributed by atoms with E-state index >= 15 is 0 Å². The van der Waals surface area contributed by atoms with Gasteiger partial charge in [0.1, 0.15) is 11.2 Å². The highest BCUT2D eigenvalue weighted by Gasteiger charge is 2.17. The van der Waals surface area contributed by atoms with Crippen LogP contribution in [0.25, 0.3) is 54.3 Å². The molecule has 0 spiro atoms. The fourth-order valence-electron chi connectivity index (χ4n) is 5.87. The van der Waals surface area contributed by atoms with Crippen molar-refractivity contribution in [2.75, 3.05) is 0 Å². The van der Waals surface area contributed by atoms with Crippen LogP contribution in [-0.2, 0) is 12.8 Å². The molecule has 184 valence electrons. The van der Waals surface area contributed by atoms with Gasteiger partial charge >= 0.3 is 0 Å². The molecular formula is C38H26O. The van der Waals surface area contributed by atoms with Crippen molar-refractivity contribution in [3.8, 4) is 0 Å². The molecule has 1 heteroatoms. The van der Waals surface area contributed by atoms with Gasteiger partial charge in [-0.1, -0.05) is 121 Å². The van der Waals surface area contributed by atoms with E-state index in [-0.39, 0.29) is 58.6 Å². The average Bonchev–Trinajstić information content (AvgIpc) is 3.47. The molecule has 0 radical (unpaired) electrons. The zero-order chi connectivity index (χ0) is 32.7. The van der Waals surface area contributed by atoms with Crippen LogP contribution in [0.2, 0.25) is 0 Å². The lowest BCUT2D eigenvalue weighted by molar-refractivity contribution is 0.668. The minimum atomic E-state index is -0.396. The maximum Gasteiger partial charge on any atom is 0.135 e. The Morgan fingerprint density at radius 3 is 1.87 bits per heavy atom. The van der Waals surface area contributed by atoms with Crippen molar-refractivity contribution in [2.45, 2.75) is 12.8 Å². The SMILES string of the molecule is [2H]c1c([2H])c([2H])c2c(Cc3cccc4oc5ccccc5c34)c3c([2H])c([2H])c([2H])c([2H])c3c(Cc3ccc4ccccc4c3)c2c1[2H]. The quantitative estimate of drug-likeness (QED) is 0.216.